The molecule has 14 nitrogen and oxygen atoms in total. The van der Waals surface area contributed by atoms with E-state index in [9.17, 15) is 19.2 Å². The first-order valence-electron chi connectivity index (χ1n) is 29.4. The van der Waals surface area contributed by atoms with E-state index in [1.165, 1.54) is 58.7 Å². The minimum atomic E-state index is -0.698. The maximum Gasteiger partial charge on any atom is 0.407 e. The number of likely N-dealkylation sites (tertiary alicyclic amines) is 2. The molecule has 2 aromatic heterocycles. The van der Waals surface area contributed by atoms with Gasteiger partial charge in [0.2, 0.25) is 11.8 Å². The number of alkyl carbamates (subject to hydrolysis) is 2. The van der Waals surface area contributed by atoms with E-state index in [0.29, 0.717) is 11.8 Å². The molecule has 0 spiro atoms. The molecule has 2 saturated heterocycles. The zero-order valence-corrected chi connectivity index (χ0v) is 47.1. The summed E-state index contributed by atoms with van der Waals surface area (Å²) in [6, 6.07) is 21.5. The molecule has 4 bridgehead atoms. The van der Waals surface area contributed by atoms with Gasteiger partial charge in [-0.15, -0.1) is 0 Å². The van der Waals surface area contributed by atoms with Gasteiger partial charge in [-0.05, 0) is 181 Å². The molecule has 4 N–H and O–H groups in total. The van der Waals surface area contributed by atoms with Gasteiger partial charge >= 0.3 is 12.2 Å². The Labute approximate surface area is 459 Å². The highest BCUT2D eigenvalue weighted by molar-refractivity contribution is 5.89. The van der Waals surface area contributed by atoms with Crippen LogP contribution >= 0.6 is 0 Å². The molecule has 6 aliphatic carbocycles. The Kier molecular flexibility index (Phi) is 15.2. The van der Waals surface area contributed by atoms with Crippen molar-refractivity contribution in [2.75, 3.05) is 14.2 Å². The predicted molar refractivity (Wildman–Crippen MR) is 305 cm³/mol. The first-order chi connectivity index (χ1) is 37.7. The normalized spacial score (nSPS) is 22.8. The largest absolute Gasteiger partial charge is 0.453 e. The van der Waals surface area contributed by atoms with E-state index in [0.717, 1.165) is 148 Å². The van der Waals surface area contributed by atoms with Gasteiger partial charge in [-0.2, -0.15) is 0 Å². The molecule has 2 aliphatic heterocycles. The van der Waals surface area contributed by atoms with Crippen molar-refractivity contribution in [3.8, 4) is 22.3 Å². The Balaban J connectivity index is 0.892. The van der Waals surface area contributed by atoms with Crippen molar-refractivity contribution in [1.29, 1.82) is 0 Å². The predicted octanol–water partition coefficient (Wildman–Crippen LogP) is 12.2. The number of carbonyl (C=O) groups excluding carboxylic acids is 4. The number of carbonyl (C=O) groups is 4. The second-order valence-corrected chi connectivity index (χ2v) is 23.9. The van der Waals surface area contributed by atoms with Crippen molar-refractivity contribution < 1.29 is 28.7 Å². The van der Waals surface area contributed by atoms with Crippen molar-refractivity contribution in [2.24, 2.45) is 23.7 Å². The minimum Gasteiger partial charge on any atom is -0.453 e. The molecule has 6 aromatic rings. The summed E-state index contributed by atoms with van der Waals surface area (Å²) < 4.78 is 9.92. The molecule has 8 aliphatic rings. The van der Waals surface area contributed by atoms with E-state index in [2.05, 4.69) is 105 Å². The van der Waals surface area contributed by atoms with Crippen molar-refractivity contribution in [2.45, 2.75) is 181 Å². The standard InChI is InChI=1S/C64H80N8O6/c1-9-37-27-41-22-20-40-30-48(44-24-26-50-52(32-44)68-60(66-50)56-34-46-16-12-14-18-54(46)72(56)62(74)58(36(5)6)70-64(76)78-8)42(28-38(40)10-2)21-19-39(37)29-47(41)43-23-25-49-51(31-43)67-59(65-49)55-33-45-15-11-13-17-53(45)71(55)61(73)57(35(3)4)69-63(75)77-7/h23-32,35-36,45-46,53-58H,9-22,33-34H2,1-8H3,(H,65,67)(H,66,68)(H,69,75)(H,70,76)/t45-,46-,53-,54-,55-,56-,57-,58-/m0/s1. The molecule has 0 radical (unpaired) electrons. The van der Waals surface area contributed by atoms with Crippen LogP contribution in [0, 0.1) is 23.7 Å². The number of hydrogen-bond acceptors (Lipinski definition) is 8. The summed E-state index contributed by atoms with van der Waals surface area (Å²) >= 11 is 0. The van der Waals surface area contributed by atoms with Crippen molar-refractivity contribution in [3.05, 3.63) is 106 Å². The van der Waals surface area contributed by atoms with Crippen LogP contribution in [0.15, 0.2) is 60.7 Å². The third kappa shape index (κ3) is 10.1. The lowest BCUT2D eigenvalue weighted by molar-refractivity contribution is -0.139. The van der Waals surface area contributed by atoms with Gasteiger partial charge in [0.25, 0.3) is 0 Å². The van der Waals surface area contributed by atoms with Gasteiger partial charge in [-0.3, -0.25) is 9.59 Å². The molecule has 4 fully saturated rings. The number of hydrogen-bond donors (Lipinski definition) is 4. The molecule has 0 unspecified atom stereocenters. The fourth-order valence-electron chi connectivity index (χ4n) is 14.6. The second-order valence-electron chi connectivity index (χ2n) is 23.9. The average molecular weight is 1060 g/mol. The highest BCUT2D eigenvalue weighted by atomic mass is 16.5. The van der Waals surface area contributed by atoms with Crippen LogP contribution in [-0.4, -0.2) is 92.1 Å². The molecule has 2 saturated carbocycles. The quantitative estimate of drug-likeness (QED) is 0.0937. The van der Waals surface area contributed by atoms with Crippen LogP contribution in [0.5, 0.6) is 0 Å². The number of aromatic amines is 2. The number of methoxy groups -OCH3 is 2. The summed E-state index contributed by atoms with van der Waals surface area (Å²) in [5.41, 5.74) is 16.7. The number of fused-ring (bicyclic) bond motifs is 4. The van der Waals surface area contributed by atoms with Crippen LogP contribution in [0.3, 0.4) is 0 Å². The Bertz CT molecular complexity index is 3030. The number of rotatable bonds is 12. The van der Waals surface area contributed by atoms with Crippen molar-refractivity contribution >= 4 is 46.1 Å². The van der Waals surface area contributed by atoms with Crippen LogP contribution in [0.2, 0.25) is 0 Å². The number of nitrogens with one attached hydrogen (secondary N) is 4. The number of benzene rings is 4. The number of ether oxygens (including phenoxy) is 2. The van der Waals surface area contributed by atoms with Gasteiger partial charge in [0.05, 0.1) is 48.4 Å². The highest BCUT2D eigenvalue weighted by Crippen LogP contribution is 2.49. The topological polar surface area (TPSA) is 175 Å². The summed E-state index contributed by atoms with van der Waals surface area (Å²) in [6.45, 7) is 12.4. The lowest BCUT2D eigenvalue weighted by Crippen LogP contribution is -2.53. The van der Waals surface area contributed by atoms with Gasteiger partial charge < -0.3 is 39.9 Å². The third-order valence-corrected chi connectivity index (χ3v) is 18.7. The molecule has 8 atom stereocenters. The smallest absolute Gasteiger partial charge is 0.407 e. The summed E-state index contributed by atoms with van der Waals surface area (Å²) in [4.78, 5) is 76.2. The van der Waals surface area contributed by atoms with Crippen LogP contribution < -0.4 is 10.6 Å². The van der Waals surface area contributed by atoms with E-state index in [-0.39, 0.29) is 47.8 Å². The zero-order chi connectivity index (χ0) is 54.5. The molecule has 14 rings (SSSR count). The van der Waals surface area contributed by atoms with Gasteiger partial charge in [0.1, 0.15) is 23.7 Å². The van der Waals surface area contributed by atoms with Gasteiger partial charge in [0.15, 0.2) is 0 Å². The van der Waals surface area contributed by atoms with E-state index in [1.807, 2.05) is 27.7 Å². The fraction of sp³-hybridized carbons (Fsp3) is 0.531. The molecular weight excluding hydrogens is 977 g/mol. The van der Waals surface area contributed by atoms with E-state index < -0.39 is 24.3 Å². The second kappa shape index (κ2) is 22.2. The summed E-state index contributed by atoms with van der Waals surface area (Å²) in [6.07, 6.45) is 14.5. The maximum absolute atomic E-state index is 14.6. The minimum absolute atomic E-state index is 0.0644. The first kappa shape index (κ1) is 53.3. The van der Waals surface area contributed by atoms with Crippen molar-refractivity contribution in [1.82, 2.24) is 40.4 Å². The number of aromatic nitrogens is 4. The lowest BCUT2D eigenvalue weighted by atomic mass is 9.83. The summed E-state index contributed by atoms with van der Waals surface area (Å²) in [7, 11) is 2.67. The number of nitrogens with zero attached hydrogens (tertiary/aromatic N) is 4. The van der Waals surface area contributed by atoms with Crippen LogP contribution in [0.1, 0.15) is 163 Å². The molecule has 14 heteroatoms. The zero-order valence-electron chi connectivity index (χ0n) is 47.1. The molecule has 4 amide bonds. The first-order valence-corrected chi connectivity index (χ1v) is 29.4. The van der Waals surface area contributed by atoms with Crippen molar-refractivity contribution in [3.63, 3.8) is 0 Å². The Morgan fingerprint density at radius 1 is 0.564 bits per heavy atom. The van der Waals surface area contributed by atoms with Gasteiger partial charge in [-0.25, -0.2) is 19.6 Å². The van der Waals surface area contributed by atoms with E-state index >= 15 is 0 Å². The highest BCUT2D eigenvalue weighted by Gasteiger charge is 2.50. The number of amides is 4. The van der Waals surface area contributed by atoms with E-state index in [4.69, 9.17) is 19.4 Å². The number of aryl methyl sites for hydroxylation is 6. The lowest BCUT2D eigenvalue weighted by Gasteiger charge is -2.36. The summed E-state index contributed by atoms with van der Waals surface area (Å²) in [5, 5.41) is 5.71. The fourth-order valence-corrected chi connectivity index (χ4v) is 14.6. The molecule has 412 valence electrons. The Morgan fingerprint density at radius 2 is 0.962 bits per heavy atom. The monoisotopic (exact) mass is 1060 g/mol. The Morgan fingerprint density at radius 3 is 1.35 bits per heavy atom. The molecule has 4 heterocycles. The van der Waals surface area contributed by atoms with Crippen LogP contribution in [0.25, 0.3) is 44.3 Å². The van der Waals surface area contributed by atoms with E-state index in [1.54, 1.807) is 0 Å². The molecular formula is C64H80N8O6. The molecule has 78 heavy (non-hydrogen) atoms. The van der Waals surface area contributed by atoms with Gasteiger partial charge in [-0.1, -0.05) is 104 Å². The third-order valence-electron chi connectivity index (χ3n) is 18.7. The van der Waals surface area contributed by atoms with Crippen LogP contribution in [0.4, 0.5) is 9.59 Å². The van der Waals surface area contributed by atoms with Gasteiger partial charge in [0, 0.05) is 12.1 Å². The average Bonchev–Trinajstić information content (AvgIpc) is 4.39. The summed E-state index contributed by atoms with van der Waals surface area (Å²) in [5.74, 6) is 2.04. The Hall–Kier alpha value is -6.70. The van der Waals surface area contributed by atoms with Crippen LogP contribution in [-0.2, 0) is 57.6 Å². The maximum atomic E-state index is 14.6. The number of imidazole rings is 2. The SMILES string of the molecule is CCc1cc2c(-c3ccc4nc([C@@H]5C[C@@H]6CCCC[C@@H]6N5C(=O)[C@@H](NC(=O)OC)C(C)C)[nH]c4c3)cc1CCc1cc(CC)c(cc1-c1ccc3nc([C@@H]4C[C@@H]5CCCC[C@@H]5N4C(=O)[C@@H](NC(=O)OC)C(C)C)[nH]c3c1)CC2. The number of H-pyrrole nitrogens is 2. The molecule has 4 aromatic carbocycles.